The van der Waals surface area contributed by atoms with Crippen LogP contribution in [-0.4, -0.2) is 95.6 Å². The quantitative estimate of drug-likeness (QED) is 0.166. The molecule has 6 amide bonds. The van der Waals surface area contributed by atoms with Crippen LogP contribution in [0.4, 0.5) is 4.79 Å². The second-order valence-corrected chi connectivity index (χ2v) is 16.1. The van der Waals surface area contributed by atoms with E-state index >= 15 is 0 Å². The average Bonchev–Trinajstić information content (AvgIpc) is 3.85. The zero-order valence-electron chi connectivity index (χ0n) is 29.3. The van der Waals surface area contributed by atoms with Crippen molar-refractivity contribution in [1.82, 2.24) is 31.1 Å². The van der Waals surface area contributed by atoms with Crippen LogP contribution in [0.1, 0.15) is 87.0 Å². The number of hydrogen-bond donors (Lipinski definition) is 4. The van der Waals surface area contributed by atoms with Gasteiger partial charge in [-0.05, 0) is 53.8 Å². The second kappa shape index (κ2) is 14.4. The minimum absolute atomic E-state index is 0.0467. The van der Waals surface area contributed by atoms with Crippen LogP contribution in [0.2, 0.25) is 0 Å². The van der Waals surface area contributed by atoms with Crippen molar-refractivity contribution < 1.29 is 28.8 Å². The number of nitrogens with zero attached hydrogens (tertiary/aromatic N) is 2. The highest BCUT2D eigenvalue weighted by Crippen LogP contribution is 2.65. The zero-order valence-corrected chi connectivity index (χ0v) is 29.3. The first-order chi connectivity index (χ1) is 22.0. The summed E-state index contributed by atoms with van der Waals surface area (Å²) in [6, 6.07) is -3.59. The minimum atomic E-state index is -0.986. The molecule has 0 aromatic carbocycles. The van der Waals surface area contributed by atoms with Gasteiger partial charge in [0.25, 0.3) is 5.91 Å². The Morgan fingerprint density at radius 3 is 2.30 bits per heavy atom. The smallest absolute Gasteiger partial charge is 0.315 e. The molecule has 4 N–H and O–H groups in total. The van der Waals surface area contributed by atoms with E-state index in [0.717, 1.165) is 25.7 Å². The number of carbonyl (C=O) groups excluding carboxylic acids is 6. The Bertz CT molecular complexity index is 1250. The lowest BCUT2D eigenvalue weighted by Gasteiger charge is -2.38. The van der Waals surface area contributed by atoms with E-state index in [0.29, 0.717) is 32.5 Å². The first kappa shape index (κ1) is 36.4. The number of piperidine rings is 2. The van der Waals surface area contributed by atoms with Crippen LogP contribution >= 0.6 is 0 Å². The van der Waals surface area contributed by atoms with E-state index in [1.165, 1.54) is 6.08 Å². The van der Waals surface area contributed by atoms with Crippen LogP contribution < -0.4 is 21.3 Å². The van der Waals surface area contributed by atoms with Crippen molar-refractivity contribution >= 4 is 35.4 Å². The molecule has 1 unspecified atom stereocenters. The lowest BCUT2D eigenvalue weighted by atomic mass is 9.85. The predicted molar refractivity (Wildman–Crippen MR) is 178 cm³/mol. The number of ketones is 1. The summed E-state index contributed by atoms with van der Waals surface area (Å²) in [5.74, 6) is -1.91. The number of rotatable bonds is 14. The molecule has 2 heterocycles. The number of nitrogens with one attached hydrogen (secondary N) is 4. The molecule has 0 aromatic rings. The van der Waals surface area contributed by atoms with Crippen molar-refractivity contribution in [2.24, 2.45) is 34.5 Å². The summed E-state index contributed by atoms with van der Waals surface area (Å²) in [5.41, 5.74) is -0.865. The molecular weight excluding hydrogens is 600 g/mol. The lowest BCUT2D eigenvalue weighted by Crippen LogP contribution is -2.62. The third-order valence-corrected chi connectivity index (χ3v) is 10.6. The van der Waals surface area contributed by atoms with E-state index in [-0.39, 0.29) is 53.5 Å². The molecule has 0 radical (unpaired) electrons. The molecule has 0 aromatic heterocycles. The van der Waals surface area contributed by atoms with Gasteiger partial charge in [0.15, 0.2) is 0 Å². The number of Topliss-reactive ketones (excluding diaryl/α,β-unsaturated/α-hetero) is 1. The Labute approximate surface area is 279 Å². The number of carbonyl (C=O) groups is 6. The van der Waals surface area contributed by atoms with Crippen LogP contribution in [-0.2, 0) is 24.0 Å². The first-order valence-electron chi connectivity index (χ1n) is 17.4. The monoisotopic (exact) mass is 656 g/mol. The largest absolute Gasteiger partial charge is 0.346 e. The van der Waals surface area contributed by atoms with Gasteiger partial charge in [-0.15, -0.1) is 6.58 Å². The molecule has 4 aliphatic rings. The molecular formula is C35H56N6O6. The molecule has 0 bridgehead atoms. The highest BCUT2D eigenvalue weighted by atomic mass is 16.2. The highest BCUT2D eigenvalue weighted by Gasteiger charge is 2.70. The van der Waals surface area contributed by atoms with Crippen molar-refractivity contribution in [3.05, 3.63) is 12.7 Å². The van der Waals surface area contributed by atoms with Crippen molar-refractivity contribution in [1.29, 1.82) is 0 Å². The van der Waals surface area contributed by atoms with E-state index in [2.05, 4.69) is 41.7 Å². The summed E-state index contributed by atoms with van der Waals surface area (Å²) in [5, 5.41) is 11.3. The Morgan fingerprint density at radius 1 is 1.04 bits per heavy atom. The van der Waals surface area contributed by atoms with Gasteiger partial charge in [-0.1, -0.05) is 67.4 Å². The maximum absolute atomic E-state index is 14.3. The van der Waals surface area contributed by atoms with Crippen LogP contribution in [0.15, 0.2) is 12.7 Å². The number of amides is 6. The van der Waals surface area contributed by atoms with E-state index < -0.39 is 47.2 Å². The molecule has 2 saturated heterocycles. The number of likely N-dealkylation sites (tertiary alicyclic amines) is 2. The molecule has 2 aliphatic heterocycles. The maximum Gasteiger partial charge on any atom is 0.315 e. The molecule has 262 valence electrons. The molecule has 6 atom stereocenters. The summed E-state index contributed by atoms with van der Waals surface area (Å²) < 4.78 is 0. The fraction of sp³-hybridized carbons (Fsp3) is 0.771. The SMILES string of the molecule is C=CCNC(=O)C(=O)C(CC1CC1)NC(=O)[C@@H]1[C@@H]2[C@H](CN1C(=O)[C@@H](NC(=O)N[C@H](CN1CCCCC1=O)C(C)C)C(C)(C)C)C2(C)C. The standard InChI is InChI=1S/C35H56N6O6/c1-9-15-36-31(45)28(43)23(17-21-13-14-21)37-30(44)27-26-22(35(26,7)8)18-41(27)32(46)29(34(4,5)6)39-33(47)38-24(20(2)3)19-40-16-11-10-12-25(40)42/h9,20-24,26-27,29H,1,10-19H2,2-8H3,(H,36,45)(H,37,44)(H2,38,39,47)/t22-,23?,24+,26-,27-,29+/m0/s1. The van der Waals surface area contributed by atoms with E-state index in [9.17, 15) is 28.8 Å². The zero-order chi connectivity index (χ0) is 34.8. The number of hydrogen-bond acceptors (Lipinski definition) is 6. The van der Waals surface area contributed by atoms with Crippen molar-refractivity contribution in [2.75, 3.05) is 26.2 Å². The van der Waals surface area contributed by atoms with Crippen LogP contribution in [0.3, 0.4) is 0 Å². The summed E-state index contributed by atoms with van der Waals surface area (Å²) >= 11 is 0. The fourth-order valence-electron chi connectivity index (χ4n) is 7.27. The van der Waals surface area contributed by atoms with Crippen molar-refractivity contribution in [3.8, 4) is 0 Å². The Morgan fingerprint density at radius 2 is 1.72 bits per heavy atom. The topological polar surface area (TPSA) is 157 Å². The van der Waals surface area contributed by atoms with Crippen LogP contribution in [0, 0.1) is 34.5 Å². The van der Waals surface area contributed by atoms with Gasteiger partial charge in [-0.2, -0.15) is 0 Å². The summed E-state index contributed by atoms with van der Waals surface area (Å²) in [7, 11) is 0. The van der Waals surface area contributed by atoms with Crippen molar-refractivity contribution in [2.45, 2.75) is 111 Å². The Kier molecular flexibility index (Phi) is 11.1. The molecule has 2 aliphatic carbocycles. The van der Waals surface area contributed by atoms with E-state index in [4.69, 9.17) is 0 Å². The second-order valence-electron chi connectivity index (χ2n) is 16.1. The number of fused-ring (bicyclic) bond motifs is 1. The van der Waals surface area contributed by atoms with Crippen molar-refractivity contribution in [3.63, 3.8) is 0 Å². The van der Waals surface area contributed by atoms with Gasteiger partial charge >= 0.3 is 6.03 Å². The maximum atomic E-state index is 14.3. The summed E-state index contributed by atoms with van der Waals surface area (Å²) in [4.78, 5) is 83.3. The number of urea groups is 1. The molecule has 47 heavy (non-hydrogen) atoms. The Hall–Kier alpha value is -3.44. The Balaban J connectivity index is 1.49. The molecule has 4 fully saturated rings. The van der Waals surface area contributed by atoms with Gasteiger partial charge in [0, 0.05) is 32.6 Å². The van der Waals surface area contributed by atoms with Crippen LogP contribution in [0.25, 0.3) is 0 Å². The van der Waals surface area contributed by atoms with Gasteiger partial charge in [0.2, 0.25) is 23.5 Å². The van der Waals surface area contributed by atoms with Gasteiger partial charge in [0.1, 0.15) is 12.1 Å². The lowest BCUT2D eigenvalue weighted by molar-refractivity contribution is -0.145. The molecule has 4 rings (SSSR count). The third-order valence-electron chi connectivity index (χ3n) is 10.6. The summed E-state index contributed by atoms with van der Waals surface area (Å²) in [6.07, 6.45) is 6.05. The molecule has 12 heteroatoms. The highest BCUT2D eigenvalue weighted by molar-refractivity contribution is 6.38. The molecule has 0 spiro atoms. The van der Waals surface area contributed by atoms with E-state index in [1.807, 2.05) is 34.6 Å². The van der Waals surface area contributed by atoms with Gasteiger partial charge in [-0.25, -0.2) is 4.79 Å². The van der Waals surface area contributed by atoms with E-state index in [1.54, 1.807) is 9.80 Å². The third kappa shape index (κ3) is 8.54. The average molecular weight is 657 g/mol. The molecule has 12 nitrogen and oxygen atoms in total. The fourth-order valence-corrected chi connectivity index (χ4v) is 7.27. The summed E-state index contributed by atoms with van der Waals surface area (Å²) in [6.45, 7) is 18.8. The van der Waals surface area contributed by atoms with Gasteiger partial charge in [-0.3, -0.25) is 24.0 Å². The normalized spacial score (nSPS) is 25.3. The van der Waals surface area contributed by atoms with Gasteiger partial charge < -0.3 is 31.1 Å². The molecule has 2 saturated carbocycles. The predicted octanol–water partition coefficient (Wildman–Crippen LogP) is 2.38. The van der Waals surface area contributed by atoms with Crippen LogP contribution in [0.5, 0.6) is 0 Å². The minimum Gasteiger partial charge on any atom is -0.346 e. The van der Waals surface area contributed by atoms with Gasteiger partial charge in [0.05, 0.1) is 12.1 Å². The first-order valence-corrected chi connectivity index (χ1v) is 17.4.